The fraction of sp³-hybridized carbons (Fsp3) is 0.333. The van der Waals surface area contributed by atoms with Crippen LogP contribution in [0.15, 0.2) is 42.7 Å². The van der Waals surface area contributed by atoms with Gasteiger partial charge in [0, 0.05) is 42.2 Å². The average Bonchev–Trinajstić information content (AvgIpc) is 3.44. The lowest BCUT2D eigenvalue weighted by Crippen LogP contribution is -2.32. The normalized spacial score (nSPS) is 13.5. The average molecular weight is 312 g/mol. The molecule has 3 rings (SSSR count). The van der Waals surface area contributed by atoms with Gasteiger partial charge in [-0.05, 0) is 37.1 Å². The molecule has 1 amide bonds. The number of amides is 1. The molecule has 2 aromatic rings. The molecule has 1 aromatic heterocycles. The fourth-order valence-electron chi connectivity index (χ4n) is 2.58. The van der Waals surface area contributed by atoms with Gasteiger partial charge in [0.1, 0.15) is 11.5 Å². The highest BCUT2D eigenvalue weighted by Crippen LogP contribution is 2.32. The summed E-state index contributed by atoms with van der Waals surface area (Å²) in [7, 11) is 3.25. The first-order chi connectivity index (χ1) is 11.2. The minimum absolute atomic E-state index is 0.0350. The van der Waals surface area contributed by atoms with Gasteiger partial charge in [-0.1, -0.05) is 0 Å². The summed E-state index contributed by atoms with van der Waals surface area (Å²) in [5.74, 6) is 1.51. The van der Waals surface area contributed by atoms with E-state index in [9.17, 15) is 4.79 Å². The van der Waals surface area contributed by atoms with Gasteiger partial charge in [0.2, 0.25) is 0 Å². The number of rotatable bonds is 6. The lowest BCUT2D eigenvalue weighted by molar-refractivity contribution is 0.0728. The van der Waals surface area contributed by atoms with E-state index in [1.165, 1.54) is 0 Å². The summed E-state index contributed by atoms with van der Waals surface area (Å²) in [4.78, 5) is 18.7. The first-order valence-corrected chi connectivity index (χ1v) is 7.65. The van der Waals surface area contributed by atoms with Crippen LogP contribution in [0.3, 0.4) is 0 Å². The van der Waals surface area contributed by atoms with E-state index in [0.29, 0.717) is 18.2 Å². The highest BCUT2D eigenvalue weighted by molar-refractivity contribution is 5.94. The van der Waals surface area contributed by atoms with E-state index < -0.39 is 0 Å². The summed E-state index contributed by atoms with van der Waals surface area (Å²) in [5.41, 5.74) is 1.64. The Labute approximate surface area is 135 Å². The van der Waals surface area contributed by atoms with Gasteiger partial charge in [0.05, 0.1) is 14.2 Å². The van der Waals surface area contributed by atoms with Gasteiger partial charge in [-0.3, -0.25) is 9.78 Å². The number of pyridine rings is 1. The Morgan fingerprint density at radius 2 is 1.91 bits per heavy atom. The van der Waals surface area contributed by atoms with Gasteiger partial charge in [-0.15, -0.1) is 0 Å². The molecule has 0 atom stereocenters. The zero-order valence-corrected chi connectivity index (χ0v) is 13.4. The number of carbonyl (C=O) groups is 1. The third kappa shape index (κ3) is 3.44. The maximum absolute atomic E-state index is 12.8. The molecule has 0 N–H and O–H groups in total. The van der Waals surface area contributed by atoms with E-state index in [0.717, 1.165) is 29.9 Å². The topological polar surface area (TPSA) is 51.7 Å². The van der Waals surface area contributed by atoms with E-state index >= 15 is 0 Å². The molecule has 0 bridgehead atoms. The first kappa shape index (κ1) is 15.3. The predicted octanol–water partition coefficient (Wildman–Crippen LogP) is 2.90. The molecule has 23 heavy (non-hydrogen) atoms. The summed E-state index contributed by atoms with van der Waals surface area (Å²) >= 11 is 0. The van der Waals surface area contributed by atoms with Gasteiger partial charge in [-0.25, -0.2) is 0 Å². The molecule has 0 unspecified atom stereocenters. The summed E-state index contributed by atoms with van der Waals surface area (Å²) in [5, 5.41) is 0. The zero-order chi connectivity index (χ0) is 16.2. The molecule has 1 heterocycles. The van der Waals surface area contributed by atoms with Crippen molar-refractivity contribution in [2.45, 2.75) is 25.4 Å². The van der Waals surface area contributed by atoms with Crippen LogP contribution in [0.4, 0.5) is 0 Å². The molecular formula is C18H20N2O3. The van der Waals surface area contributed by atoms with Crippen LogP contribution in [0.25, 0.3) is 0 Å². The molecule has 0 radical (unpaired) electrons. The number of ether oxygens (including phenoxy) is 2. The number of hydrogen-bond acceptors (Lipinski definition) is 4. The second-order valence-corrected chi connectivity index (χ2v) is 5.58. The van der Waals surface area contributed by atoms with Crippen LogP contribution in [0.2, 0.25) is 0 Å². The number of aromatic nitrogens is 1. The van der Waals surface area contributed by atoms with Crippen LogP contribution in [0.5, 0.6) is 11.5 Å². The maximum Gasteiger partial charge on any atom is 0.254 e. The van der Waals surface area contributed by atoms with E-state index in [-0.39, 0.29) is 5.91 Å². The SMILES string of the molecule is COc1ccc(CN(C(=O)c2ccncc2)C2CC2)c(OC)c1. The molecule has 5 heteroatoms. The van der Waals surface area contributed by atoms with Gasteiger partial charge in [0.25, 0.3) is 5.91 Å². The summed E-state index contributed by atoms with van der Waals surface area (Å²) in [6.45, 7) is 0.527. The van der Waals surface area contributed by atoms with Crippen LogP contribution in [0, 0.1) is 0 Å². The van der Waals surface area contributed by atoms with Gasteiger partial charge in [0.15, 0.2) is 0 Å². The Morgan fingerprint density at radius 1 is 1.17 bits per heavy atom. The summed E-state index contributed by atoms with van der Waals surface area (Å²) < 4.78 is 10.7. The Morgan fingerprint density at radius 3 is 2.52 bits per heavy atom. The van der Waals surface area contributed by atoms with Crippen LogP contribution < -0.4 is 9.47 Å². The summed E-state index contributed by atoms with van der Waals surface area (Å²) in [6, 6.07) is 9.50. The second kappa shape index (κ2) is 6.69. The molecule has 1 saturated carbocycles. The number of carbonyl (C=O) groups excluding carboxylic acids is 1. The third-order valence-electron chi connectivity index (χ3n) is 4.01. The zero-order valence-electron chi connectivity index (χ0n) is 13.4. The Hall–Kier alpha value is -2.56. The number of nitrogens with zero attached hydrogens (tertiary/aromatic N) is 2. The molecular weight excluding hydrogens is 292 g/mol. The number of methoxy groups -OCH3 is 2. The van der Waals surface area contributed by atoms with Crippen molar-refractivity contribution in [3.05, 3.63) is 53.9 Å². The van der Waals surface area contributed by atoms with Crippen LogP contribution in [-0.4, -0.2) is 36.1 Å². The van der Waals surface area contributed by atoms with Crippen molar-refractivity contribution < 1.29 is 14.3 Å². The van der Waals surface area contributed by atoms with Crippen molar-refractivity contribution in [3.63, 3.8) is 0 Å². The lowest BCUT2D eigenvalue weighted by Gasteiger charge is -2.24. The summed E-state index contributed by atoms with van der Waals surface area (Å²) in [6.07, 6.45) is 5.39. The molecule has 0 spiro atoms. The third-order valence-corrected chi connectivity index (χ3v) is 4.01. The maximum atomic E-state index is 12.8. The van der Waals surface area contributed by atoms with E-state index in [4.69, 9.17) is 9.47 Å². The van der Waals surface area contributed by atoms with Crippen LogP contribution in [0.1, 0.15) is 28.8 Å². The minimum Gasteiger partial charge on any atom is -0.497 e. The van der Waals surface area contributed by atoms with Crippen LogP contribution in [-0.2, 0) is 6.54 Å². The molecule has 0 aliphatic heterocycles. The molecule has 1 aromatic carbocycles. The standard InChI is InChI=1S/C18H20N2O3/c1-22-16-6-3-14(17(11-16)23-2)12-20(15-4-5-15)18(21)13-7-9-19-10-8-13/h3,6-11,15H,4-5,12H2,1-2H3. The lowest BCUT2D eigenvalue weighted by atomic mass is 10.1. The highest BCUT2D eigenvalue weighted by atomic mass is 16.5. The van der Waals surface area contributed by atoms with Crippen LogP contribution >= 0.6 is 0 Å². The van der Waals surface area contributed by atoms with Gasteiger partial charge in [-0.2, -0.15) is 0 Å². The predicted molar refractivity (Wildman–Crippen MR) is 86.7 cm³/mol. The largest absolute Gasteiger partial charge is 0.497 e. The Balaban J connectivity index is 1.85. The molecule has 1 aliphatic rings. The monoisotopic (exact) mass is 312 g/mol. The first-order valence-electron chi connectivity index (χ1n) is 7.65. The fourth-order valence-corrected chi connectivity index (χ4v) is 2.58. The second-order valence-electron chi connectivity index (χ2n) is 5.58. The van der Waals surface area contributed by atoms with Crippen molar-refractivity contribution >= 4 is 5.91 Å². The highest BCUT2D eigenvalue weighted by Gasteiger charge is 2.33. The molecule has 1 aliphatic carbocycles. The Bertz CT molecular complexity index is 684. The van der Waals surface area contributed by atoms with Crippen molar-refractivity contribution in [2.24, 2.45) is 0 Å². The molecule has 0 saturated heterocycles. The molecule has 1 fully saturated rings. The van der Waals surface area contributed by atoms with Gasteiger partial charge < -0.3 is 14.4 Å². The van der Waals surface area contributed by atoms with Crippen molar-refractivity contribution in [2.75, 3.05) is 14.2 Å². The van der Waals surface area contributed by atoms with E-state index in [2.05, 4.69) is 4.98 Å². The number of benzene rings is 1. The Kier molecular flexibility index (Phi) is 4.46. The van der Waals surface area contributed by atoms with Crippen molar-refractivity contribution in [1.29, 1.82) is 0 Å². The van der Waals surface area contributed by atoms with Gasteiger partial charge >= 0.3 is 0 Å². The number of hydrogen-bond donors (Lipinski definition) is 0. The quantitative estimate of drug-likeness (QED) is 0.823. The smallest absolute Gasteiger partial charge is 0.254 e. The van der Waals surface area contributed by atoms with E-state index in [1.54, 1.807) is 38.7 Å². The van der Waals surface area contributed by atoms with Crippen molar-refractivity contribution in [1.82, 2.24) is 9.88 Å². The molecule has 5 nitrogen and oxygen atoms in total. The van der Waals surface area contributed by atoms with Crippen molar-refractivity contribution in [3.8, 4) is 11.5 Å². The minimum atomic E-state index is 0.0350. The van der Waals surface area contributed by atoms with E-state index in [1.807, 2.05) is 23.1 Å². The molecule has 120 valence electrons.